The quantitative estimate of drug-likeness (QED) is 0.902. The SMILES string of the molecule is O=C(Nc1nnc2n1CCS2)C1CC(=O)N(c2ccc(Cl)cc2)C1. The molecule has 0 spiro atoms. The van der Waals surface area contributed by atoms with Crippen LogP contribution in [0.1, 0.15) is 6.42 Å². The Kier molecular flexibility index (Phi) is 3.93. The molecule has 1 unspecified atom stereocenters. The van der Waals surface area contributed by atoms with Crippen molar-refractivity contribution in [3.05, 3.63) is 29.3 Å². The zero-order valence-corrected chi connectivity index (χ0v) is 14.2. The molecule has 24 heavy (non-hydrogen) atoms. The molecule has 1 atom stereocenters. The maximum absolute atomic E-state index is 12.5. The summed E-state index contributed by atoms with van der Waals surface area (Å²) in [6.07, 6.45) is 0.185. The number of aromatic nitrogens is 3. The highest BCUT2D eigenvalue weighted by Gasteiger charge is 2.36. The molecule has 0 saturated carbocycles. The van der Waals surface area contributed by atoms with E-state index in [9.17, 15) is 9.59 Å². The Hall–Kier alpha value is -2.06. The van der Waals surface area contributed by atoms with Gasteiger partial charge >= 0.3 is 0 Å². The second kappa shape index (κ2) is 6.10. The van der Waals surface area contributed by atoms with Gasteiger partial charge < -0.3 is 4.90 Å². The van der Waals surface area contributed by atoms with E-state index in [0.717, 1.165) is 23.1 Å². The first-order valence-corrected chi connectivity index (χ1v) is 8.91. The van der Waals surface area contributed by atoms with Crippen LogP contribution in [-0.4, -0.2) is 38.9 Å². The molecular formula is C15H14ClN5O2S. The number of nitrogens with one attached hydrogen (secondary N) is 1. The van der Waals surface area contributed by atoms with Crippen LogP contribution in [0.2, 0.25) is 5.02 Å². The van der Waals surface area contributed by atoms with Crippen molar-refractivity contribution in [2.45, 2.75) is 18.1 Å². The summed E-state index contributed by atoms with van der Waals surface area (Å²) >= 11 is 7.49. The van der Waals surface area contributed by atoms with Gasteiger partial charge in [-0.05, 0) is 24.3 Å². The molecule has 1 fully saturated rings. The maximum Gasteiger partial charge on any atom is 0.232 e. The first kappa shape index (κ1) is 15.5. The van der Waals surface area contributed by atoms with E-state index in [-0.39, 0.29) is 18.2 Å². The molecule has 9 heteroatoms. The van der Waals surface area contributed by atoms with Gasteiger partial charge in [0.2, 0.25) is 17.8 Å². The number of carbonyl (C=O) groups excluding carboxylic acids is 2. The van der Waals surface area contributed by atoms with Crippen molar-refractivity contribution in [2.75, 3.05) is 22.5 Å². The molecule has 1 saturated heterocycles. The number of benzene rings is 1. The number of thioether (sulfide) groups is 1. The highest BCUT2D eigenvalue weighted by molar-refractivity contribution is 7.99. The van der Waals surface area contributed by atoms with Gasteiger partial charge in [0.1, 0.15) is 0 Å². The normalized spacial score (nSPS) is 19.6. The van der Waals surface area contributed by atoms with Gasteiger partial charge in [-0.2, -0.15) is 0 Å². The number of anilines is 2. The lowest BCUT2D eigenvalue weighted by atomic mass is 10.1. The Bertz CT molecular complexity index is 807. The molecule has 1 aromatic carbocycles. The summed E-state index contributed by atoms with van der Waals surface area (Å²) in [5.74, 6) is 0.707. The van der Waals surface area contributed by atoms with Crippen LogP contribution in [0, 0.1) is 5.92 Å². The third kappa shape index (κ3) is 2.76. The lowest BCUT2D eigenvalue weighted by molar-refractivity contribution is -0.122. The molecule has 0 bridgehead atoms. The molecule has 124 valence electrons. The first-order valence-electron chi connectivity index (χ1n) is 7.54. The summed E-state index contributed by atoms with van der Waals surface area (Å²) in [7, 11) is 0. The van der Waals surface area contributed by atoms with Crippen molar-refractivity contribution in [1.82, 2.24) is 14.8 Å². The molecule has 2 aliphatic rings. The predicted octanol–water partition coefficient (Wildman–Crippen LogP) is 2.03. The van der Waals surface area contributed by atoms with Gasteiger partial charge in [0.25, 0.3) is 0 Å². The van der Waals surface area contributed by atoms with Crippen LogP contribution in [0.15, 0.2) is 29.4 Å². The zero-order valence-electron chi connectivity index (χ0n) is 12.6. The average Bonchev–Trinajstić information content (AvgIpc) is 3.25. The molecule has 3 heterocycles. The zero-order chi connectivity index (χ0) is 16.7. The minimum atomic E-state index is -0.407. The highest BCUT2D eigenvalue weighted by Crippen LogP contribution is 2.29. The van der Waals surface area contributed by atoms with Gasteiger partial charge in [-0.15, -0.1) is 10.2 Å². The minimum absolute atomic E-state index is 0.0699. The summed E-state index contributed by atoms with van der Waals surface area (Å²) in [5.41, 5.74) is 0.750. The van der Waals surface area contributed by atoms with Gasteiger partial charge in [0, 0.05) is 36.0 Å². The Labute approximate surface area is 147 Å². The van der Waals surface area contributed by atoms with Crippen molar-refractivity contribution in [1.29, 1.82) is 0 Å². The van der Waals surface area contributed by atoms with Crippen LogP contribution in [0.4, 0.5) is 11.6 Å². The van der Waals surface area contributed by atoms with E-state index in [1.54, 1.807) is 40.9 Å². The minimum Gasteiger partial charge on any atom is -0.312 e. The number of rotatable bonds is 3. The smallest absolute Gasteiger partial charge is 0.232 e. The number of amides is 2. The molecule has 7 nitrogen and oxygen atoms in total. The number of nitrogens with zero attached hydrogens (tertiary/aromatic N) is 4. The number of hydrogen-bond acceptors (Lipinski definition) is 5. The molecule has 4 rings (SSSR count). The van der Waals surface area contributed by atoms with Crippen molar-refractivity contribution in [3.8, 4) is 0 Å². The predicted molar refractivity (Wildman–Crippen MR) is 91.3 cm³/mol. The third-order valence-corrected chi connectivity index (χ3v) is 5.33. The Morgan fingerprint density at radius 2 is 2.08 bits per heavy atom. The van der Waals surface area contributed by atoms with E-state index in [2.05, 4.69) is 15.5 Å². The fourth-order valence-corrected chi connectivity index (χ4v) is 3.90. The maximum atomic E-state index is 12.5. The molecule has 0 aliphatic carbocycles. The molecule has 1 aromatic heterocycles. The fourth-order valence-electron chi connectivity index (χ4n) is 2.88. The second-order valence-electron chi connectivity index (χ2n) is 5.68. The van der Waals surface area contributed by atoms with Gasteiger partial charge in [0.15, 0.2) is 5.16 Å². The first-order chi connectivity index (χ1) is 11.6. The number of halogens is 1. The summed E-state index contributed by atoms with van der Waals surface area (Å²) in [6, 6.07) is 7.02. The second-order valence-corrected chi connectivity index (χ2v) is 7.18. The largest absolute Gasteiger partial charge is 0.312 e. The Morgan fingerprint density at radius 3 is 2.88 bits per heavy atom. The lowest BCUT2D eigenvalue weighted by Gasteiger charge is -2.16. The summed E-state index contributed by atoms with van der Waals surface area (Å²) in [5, 5.41) is 12.3. The van der Waals surface area contributed by atoms with Crippen molar-refractivity contribution < 1.29 is 9.59 Å². The van der Waals surface area contributed by atoms with Crippen LogP contribution < -0.4 is 10.2 Å². The van der Waals surface area contributed by atoms with E-state index in [1.807, 2.05) is 4.57 Å². The van der Waals surface area contributed by atoms with E-state index in [4.69, 9.17) is 11.6 Å². The van der Waals surface area contributed by atoms with Crippen molar-refractivity contribution in [3.63, 3.8) is 0 Å². The van der Waals surface area contributed by atoms with Crippen molar-refractivity contribution >= 4 is 46.8 Å². The van der Waals surface area contributed by atoms with Gasteiger partial charge in [0.05, 0.1) is 5.92 Å². The molecule has 0 radical (unpaired) electrons. The molecular weight excluding hydrogens is 350 g/mol. The Balaban J connectivity index is 1.46. The third-order valence-electron chi connectivity index (χ3n) is 4.13. The summed E-state index contributed by atoms with van der Waals surface area (Å²) < 4.78 is 1.89. The fraction of sp³-hybridized carbons (Fsp3) is 0.333. The number of carbonyl (C=O) groups is 2. The van der Waals surface area contributed by atoms with Gasteiger partial charge in [-0.1, -0.05) is 23.4 Å². The van der Waals surface area contributed by atoms with Crippen LogP contribution in [0.25, 0.3) is 0 Å². The van der Waals surface area contributed by atoms with Crippen molar-refractivity contribution in [2.24, 2.45) is 5.92 Å². The summed E-state index contributed by atoms with van der Waals surface area (Å²) in [6.45, 7) is 1.13. The lowest BCUT2D eigenvalue weighted by Crippen LogP contribution is -2.28. The molecule has 2 amide bonds. The molecule has 1 N–H and O–H groups in total. The highest BCUT2D eigenvalue weighted by atomic mass is 35.5. The van der Waals surface area contributed by atoms with E-state index in [0.29, 0.717) is 17.5 Å². The topological polar surface area (TPSA) is 80.1 Å². The monoisotopic (exact) mass is 363 g/mol. The standard InChI is InChI=1S/C15H14ClN5O2S/c16-10-1-3-11(4-2-10)21-8-9(7-12(21)22)13(23)17-14-18-19-15-20(14)5-6-24-15/h1-4,9H,5-8H2,(H,17,18,23). The number of hydrogen-bond donors (Lipinski definition) is 1. The number of fused-ring (bicyclic) bond motifs is 1. The average molecular weight is 364 g/mol. The summed E-state index contributed by atoms with van der Waals surface area (Å²) in [4.78, 5) is 26.3. The van der Waals surface area contributed by atoms with Crippen LogP contribution in [-0.2, 0) is 16.1 Å². The van der Waals surface area contributed by atoms with E-state index >= 15 is 0 Å². The van der Waals surface area contributed by atoms with Gasteiger partial charge in [-0.25, -0.2) is 0 Å². The van der Waals surface area contributed by atoms with Gasteiger partial charge in [-0.3, -0.25) is 19.5 Å². The molecule has 2 aliphatic heterocycles. The van der Waals surface area contributed by atoms with E-state index in [1.165, 1.54) is 0 Å². The molecule has 2 aromatic rings. The Morgan fingerprint density at radius 1 is 1.29 bits per heavy atom. The van der Waals surface area contributed by atoms with Crippen LogP contribution in [0.5, 0.6) is 0 Å². The van der Waals surface area contributed by atoms with Crippen LogP contribution >= 0.6 is 23.4 Å². The van der Waals surface area contributed by atoms with E-state index < -0.39 is 5.92 Å². The van der Waals surface area contributed by atoms with Crippen LogP contribution in [0.3, 0.4) is 0 Å².